The van der Waals surface area contributed by atoms with Crippen molar-refractivity contribution in [1.82, 2.24) is 0 Å². The number of rotatable bonds is 0. The molecule has 6 rings (SSSR count). The van der Waals surface area contributed by atoms with E-state index >= 15 is 0 Å². The fourth-order valence-corrected chi connectivity index (χ4v) is 10.3. The SMILES string of the molecule is C[C@@H]1CC[C@@]2(OC1)O[C@H]1C[C@H]3[C@H]4CC[C@]5(O)C[C@H](O)[C@@H](O)[C@@H](O)[C@]5(C)[C@H]4CC[C@]3(C)[C@H]1[C@@H]2C. The van der Waals surface area contributed by atoms with E-state index in [4.69, 9.17) is 9.47 Å². The normalized spacial score (nSPS) is 64.7. The molecule has 0 unspecified atom stereocenters. The number of hydrogen-bond donors (Lipinski definition) is 4. The maximum absolute atomic E-state index is 11.7. The van der Waals surface area contributed by atoms with Crippen molar-refractivity contribution in [1.29, 1.82) is 0 Å². The van der Waals surface area contributed by atoms with Gasteiger partial charge in [-0.3, -0.25) is 0 Å². The summed E-state index contributed by atoms with van der Waals surface area (Å²) in [6, 6.07) is 0. The van der Waals surface area contributed by atoms with Crippen LogP contribution < -0.4 is 0 Å². The predicted octanol–water partition coefficient (Wildman–Crippen LogP) is 2.85. The predicted molar refractivity (Wildman–Crippen MR) is 122 cm³/mol. The number of hydrogen-bond acceptors (Lipinski definition) is 6. The zero-order valence-corrected chi connectivity index (χ0v) is 20.7. The minimum Gasteiger partial charge on any atom is -0.390 e. The van der Waals surface area contributed by atoms with Crippen LogP contribution in [0.25, 0.3) is 0 Å². The molecule has 0 aromatic heterocycles. The zero-order chi connectivity index (χ0) is 23.6. The van der Waals surface area contributed by atoms with E-state index in [1.807, 2.05) is 6.92 Å². The number of fused-ring (bicyclic) bond motifs is 7. The van der Waals surface area contributed by atoms with Crippen LogP contribution in [0, 0.1) is 46.3 Å². The summed E-state index contributed by atoms with van der Waals surface area (Å²) >= 11 is 0. The first-order chi connectivity index (χ1) is 15.5. The molecule has 1 spiro atoms. The molecule has 6 heteroatoms. The summed E-state index contributed by atoms with van der Waals surface area (Å²) in [7, 11) is 0. The van der Waals surface area contributed by atoms with E-state index < -0.39 is 35.1 Å². The molecule has 0 bridgehead atoms. The highest BCUT2D eigenvalue weighted by Gasteiger charge is 2.72. The molecule has 0 radical (unpaired) electrons. The second kappa shape index (κ2) is 7.17. The average Bonchev–Trinajstić information content (AvgIpc) is 3.21. The molecule has 6 fully saturated rings. The topological polar surface area (TPSA) is 99.4 Å². The smallest absolute Gasteiger partial charge is 0.171 e. The van der Waals surface area contributed by atoms with Gasteiger partial charge in [0.2, 0.25) is 0 Å². The molecular weight excluding hydrogens is 420 g/mol. The molecule has 6 aliphatic rings. The lowest BCUT2D eigenvalue weighted by Crippen LogP contribution is -2.71. The lowest BCUT2D eigenvalue weighted by molar-refractivity contribution is -0.290. The Bertz CT molecular complexity index is 795. The highest BCUT2D eigenvalue weighted by atomic mass is 16.7. The van der Waals surface area contributed by atoms with Crippen molar-refractivity contribution in [3.63, 3.8) is 0 Å². The van der Waals surface area contributed by atoms with Crippen LogP contribution in [0.3, 0.4) is 0 Å². The van der Waals surface area contributed by atoms with Crippen LogP contribution in [0.1, 0.15) is 79.1 Å². The quantitative estimate of drug-likeness (QED) is 0.440. The third kappa shape index (κ3) is 2.77. The van der Waals surface area contributed by atoms with E-state index in [0.717, 1.165) is 45.1 Å². The van der Waals surface area contributed by atoms with E-state index in [9.17, 15) is 20.4 Å². The summed E-state index contributed by atoms with van der Waals surface area (Å²) in [5.41, 5.74) is -1.76. The van der Waals surface area contributed by atoms with Crippen molar-refractivity contribution >= 4 is 0 Å². The Balaban J connectivity index is 1.30. The molecule has 2 aliphatic heterocycles. The molecule has 188 valence electrons. The summed E-state index contributed by atoms with van der Waals surface area (Å²) in [5, 5.41) is 43.8. The van der Waals surface area contributed by atoms with Gasteiger partial charge in [0.1, 0.15) is 6.10 Å². The number of aliphatic hydroxyl groups is 4. The minimum absolute atomic E-state index is 0.140. The van der Waals surface area contributed by atoms with Gasteiger partial charge in [-0.2, -0.15) is 0 Å². The Morgan fingerprint density at radius 3 is 2.36 bits per heavy atom. The molecule has 33 heavy (non-hydrogen) atoms. The van der Waals surface area contributed by atoms with Gasteiger partial charge in [0.15, 0.2) is 5.79 Å². The largest absolute Gasteiger partial charge is 0.390 e. The highest BCUT2D eigenvalue weighted by molar-refractivity contribution is 5.20. The Labute approximate surface area is 198 Å². The Morgan fingerprint density at radius 1 is 0.909 bits per heavy atom. The molecule has 0 aromatic carbocycles. The number of ether oxygens (including phenoxy) is 2. The lowest BCUT2D eigenvalue weighted by Gasteiger charge is -2.66. The Kier molecular flexibility index (Phi) is 5.03. The van der Waals surface area contributed by atoms with Crippen LogP contribution in [0.2, 0.25) is 0 Å². The molecular formula is C27H44O6. The fraction of sp³-hybridized carbons (Fsp3) is 1.00. The molecule has 4 saturated carbocycles. The van der Waals surface area contributed by atoms with Gasteiger partial charge in [-0.15, -0.1) is 0 Å². The second-order valence-corrected chi connectivity index (χ2v) is 13.5. The van der Waals surface area contributed by atoms with Crippen molar-refractivity contribution in [2.24, 2.45) is 46.3 Å². The first kappa shape index (κ1) is 23.2. The van der Waals surface area contributed by atoms with Crippen molar-refractivity contribution in [2.75, 3.05) is 6.61 Å². The van der Waals surface area contributed by atoms with Crippen LogP contribution >= 0.6 is 0 Å². The maximum atomic E-state index is 11.7. The van der Waals surface area contributed by atoms with Crippen molar-refractivity contribution in [3.8, 4) is 0 Å². The summed E-state index contributed by atoms with van der Waals surface area (Å²) in [5.74, 6) is 2.07. The minimum atomic E-state index is -1.20. The van der Waals surface area contributed by atoms with Gasteiger partial charge in [0.05, 0.1) is 30.5 Å². The second-order valence-electron chi connectivity index (χ2n) is 13.5. The monoisotopic (exact) mass is 464 g/mol. The maximum Gasteiger partial charge on any atom is 0.171 e. The summed E-state index contributed by atoms with van der Waals surface area (Å²) in [4.78, 5) is 0. The van der Waals surface area contributed by atoms with Gasteiger partial charge in [-0.25, -0.2) is 0 Å². The zero-order valence-electron chi connectivity index (χ0n) is 20.7. The van der Waals surface area contributed by atoms with E-state index in [-0.39, 0.29) is 23.9 Å². The molecule has 4 aliphatic carbocycles. The summed E-state index contributed by atoms with van der Waals surface area (Å²) in [6.45, 7) is 9.85. The molecule has 2 saturated heterocycles. The molecule has 2 heterocycles. The van der Waals surface area contributed by atoms with Gasteiger partial charge in [0.25, 0.3) is 0 Å². The lowest BCUT2D eigenvalue weighted by atomic mass is 9.42. The molecule has 6 nitrogen and oxygen atoms in total. The van der Waals surface area contributed by atoms with E-state index in [1.54, 1.807) is 0 Å². The molecule has 0 amide bonds. The Morgan fingerprint density at radius 2 is 1.67 bits per heavy atom. The van der Waals surface area contributed by atoms with E-state index in [1.165, 1.54) is 0 Å². The van der Waals surface area contributed by atoms with Crippen molar-refractivity contribution in [3.05, 3.63) is 0 Å². The molecule has 14 atom stereocenters. The van der Waals surface area contributed by atoms with E-state index in [0.29, 0.717) is 36.0 Å². The molecule has 0 aromatic rings. The third-order valence-corrected chi connectivity index (χ3v) is 12.2. The van der Waals surface area contributed by atoms with Gasteiger partial charge in [0, 0.05) is 24.2 Å². The summed E-state index contributed by atoms with van der Waals surface area (Å²) < 4.78 is 13.2. The van der Waals surface area contributed by atoms with Crippen LogP contribution in [-0.2, 0) is 9.47 Å². The van der Waals surface area contributed by atoms with Crippen LogP contribution in [0.5, 0.6) is 0 Å². The standard InChI is InChI=1S/C27H44O6/c1-14-5-10-27(32-13-14)15(2)21-20(33-27)11-18-16-6-9-26(31)12-19(28)22(29)23(30)25(26,4)17(16)7-8-24(18,21)3/h14-23,28-31H,5-13H2,1-4H3/t14-,15+,16+,17+,18+,19+,20+,21+,22-,23-,24+,25+,26+,27-/m1/s1. The van der Waals surface area contributed by atoms with Gasteiger partial charge >= 0.3 is 0 Å². The van der Waals surface area contributed by atoms with Crippen LogP contribution in [-0.4, -0.2) is 62.8 Å². The summed E-state index contributed by atoms with van der Waals surface area (Å²) in [6.07, 6.45) is 3.67. The van der Waals surface area contributed by atoms with Gasteiger partial charge in [-0.1, -0.05) is 27.7 Å². The first-order valence-corrected chi connectivity index (χ1v) is 13.6. The van der Waals surface area contributed by atoms with Crippen LogP contribution in [0.15, 0.2) is 0 Å². The molecule has 4 N–H and O–H groups in total. The van der Waals surface area contributed by atoms with Gasteiger partial charge in [-0.05, 0) is 73.5 Å². The highest BCUT2D eigenvalue weighted by Crippen LogP contribution is 2.71. The number of aliphatic hydroxyl groups excluding tert-OH is 3. The average molecular weight is 465 g/mol. The van der Waals surface area contributed by atoms with E-state index in [2.05, 4.69) is 20.8 Å². The van der Waals surface area contributed by atoms with Gasteiger partial charge < -0.3 is 29.9 Å². The third-order valence-electron chi connectivity index (χ3n) is 12.2. The van der Waals surface area contributed by atoms with Crippen LogP contribution in [0.4, 0.5) is 0 Å². The van der Waals surface area contributed by atoms with Crippen molar-refractivity contribution < 1.29 is 29.9 Å². The Hall–Kier alpha value is -0.240. The fourth-order valence-electron chi connectivity index (χ4n) is 10.3. The first-order valence-electron chi connectivity index (χ1n) is 13.6. The van der Waals surface area contributed by atoms with Crippen molar-refractivity contribution in [2.45, 2.75) is 115 Å².